The quantitative estimate of drug-likeness (QED) is 0.388. The molecule has 0 aliphatic rings. The van der Waals surface area contributed by atoms with Crippen LogP contribution in [0.3, 0.4) is 0 Å². The molecule has 0 amide bonds. The van der Waals surface area contributed by atoms with Gasteiger partial charge in [-0.2, -0.15) is 10.1 Å². The van der Waals surface area contributed by atoms with E-state index < -0.39 is 0 Å². The summed E-state index contributed by atoms with van der Waals surface area (Å²) in [6.45, 7) is 0. The second kappa shape index (κ2) is 7.66. The van der Waals surface area contributed by atoms with E-state index in [0.717, 1.165) is 11.3 Å². The van der Waals surface area contributed by atoms with E-state index in [4.69, 9.17) is 4.74 Å². The number of hydrazone groups is 1. The maximum Gasteiger partial charge on any atom is 0.245 e. The number of methoxy groups -OCH3 is 1. The zero-order valence-corrected chi connectivity index (χ0v) is 14.6. The van der Waals surface area contributed by atoms with Gasteiger partial charge < -0.3 is 10.1 Å². The van der Waals surface area contributed by atoms with Crippen LogP contribution in [0.15, 0.2) is 58.3 Å². The Bertz CT molecular complexity index is 1110. The lowest BCUT2D eigenvalue weighted by Gasteiger charge is -2.09. The Hall–Kier alpha value is -4.08. The Morgan fingerprint density at radius 3 is 2.32 bits per heavy atom. The molecule has 4 rings (SSSR count). The molecule has 10 heteroatoms. The first-order chi connectivity index (χ1) is 13.7. The van der Waals surface area contributed by atoms with Gasteiger partial charge in [0.25, 0.3) is 0 Å². The van der Waals surface area contributed by atoms with Gasteiger partial charge in [0.05, 0.1) is 13.3 Å². The molecule has 2 N–H and O–H groups in total. The molecule has 9 nitrogen and oxygen atoms in total. The summed E-state index contributed by atoms with van der Waals surface area (Å²) < 4.78 is 22.9. The third kappa shape index (κ3) is 3.85. The maximum absolute atomic E-state index is 13.1. The number of nitrogens with one attached hydrogen (secondary N) is 2. The van der Waals surface area contributed by atoms with Crippen molar-refractivity contribution in [2.24, 2.45) is 5.10 Å². The van der Waals surface area contributed by atoms with Crippen molar-refractivity contribution in [1.82, 2.24) is 20.3 Å². The van der Waals surface area contributed by atoms with Gasteiger partial charge in [-0.3, -0.25) is 5.43 Å². The Labute approximate surface area is 158 Å². The highest BCUT2D eigenvalue weighted by atomic mass is 19.1. The summed E-state index contributed by atoms with van der Waals surface area (Å²) in [6, 6.07) is 13.2. The van der Waals surface area contributed by atoms with Crippen LogP contribution in [0.2, 0.25) is 0 Å². The number of anilines is 3. The molecule has 140 valence electrons. The van der Waals surface area contributed by atoms with Crippen LogP contribution in [-0.4, -0.2) is 33.6 Å². The normalized spacial score (nSPS) is 11.1. The lowest BCUT2D eigenvalue weighted by Crippen LogP contribution is -2.03. The first-order valence-electron chi connectivity index (χ1n) is 8.17. The smallest absolute Gasteiger partial charge is 0.245 e. The summed E-state index contributed by atoms with van der Waals surface area (Å²) >= 11 is 0. The van der Waals surface area contributed by atoms with Gasteiger partial charge in [-0.1, -0.05) is 0 Å². The molecule has 0 atom stereocenters. The lowest BCUT2D eigenvalue weighted by molar-refractivity contribution is 0.314. The van der Waals surface area contributed by atoms with E-state index in [1.54, 1.807) is 25.5 Å². The minimum Gasteiger partial charge on any atom is -0.497 e. The van der Waals surface area contributed by atoms with Crippen LogP contribution in [0.4, 0.5) is 21.7 Å². The number of halogens is 1. The van der Waals surface area contributed by atoms with Gasteiger partial charge in [0.2, 0.25) is 11.3 Å². The maximum atomic E-state index is 13.1. The summed E-state index contributed by atoms with van der Waals surface area (Å²) in [5.41, 5.74) is 4.76. The molecule has 2 heterocycles. The highest BCUT2D eigenvalue weighted by Gasteiger charge is 2.12. The monoisotopic (exact) mass is 379 g/mol. The average molecular weight is 379 g/mol. The van der Waals surface area contributed by atoms with Gasteiger partial charge in [-0.05, 0) is 64.4 Å². The fourth-order valence-corrected chi connectivity index (χ4v) is 2.33. The average Bonchev–Trinajstić information content (AvgIpc) is 3.17. The van der Waals surface area contributed by atoms with Gasteiger partial charge in [-0.25, -0.2) is 14.0 Å². The molecular formula is C18H14FN7O2. The van der Waals surface area contributed by atoms with E-state index in [1.165, 1.54) is 12.1 Å². The molecule has 0 aliphatic carbocycles. The van der Waals surface area contributed by atoms with E-state index in [1.807, 2.05) is 24.3 Å². The third-order valence-corrected chi connectivity index (χ3v) is 3.72. The topological polar surface area (TPSA) is 110 Å². The fourth-order valence-electron chi connectivity index (χ4n) is 2.33. The summed E-state index contributed by atoms with van der Waals surface area (Å²) in [4.78, 5) is 8.61. The predicted molar refractivity (Wildman–Crippen MR) is 101 cm³/mol. The number of rotatable bonds is 6. The van der Waals surface area contributed by atoms with Crippen molar-refractivity contribution in [3.05, 3.63) is 59.9 Å². The number of hydrogen-bond acceptors (Lipinski definition) is 9. The first-order valence-corrected chi connectivity index (χ1v) is 8.17. The Morgan fingerprint density at radius 2 is 1.64 bits per heavy atom. The summed E-state index contributed by atoms with van der Waals surface area (Å²) in [5, 5.41) is 14.6. The molecule has 2 aromatic carbocycles. The molecule has 0 spiro atoms. The van der Waals surface area contributed by atoms with Crippen LogP contribution in [0, 0.1) is 5.82 Å². The molecule has 0 fully saturated rings. The molecule has 0 saturated heterocycles. The molecule has 0 unspecified atom stereocenters. The van der Waals surface area contributed by atoms with Crippen LogP contribution in [-0.2, 0) is 0 Å². The van der Waals surface area contributed by atoms with E-state index in [0.29, 0.717) is 17.3 Å². The highest BCUT2D eigenvalue weighted by molar-refractivity contribution is 5.81. The molecular weight excluding hydrogens is 365 g/mol. The second-order valence-corrected chi connectivity index (χ2v) is 5.61. The van der Waals surface area contributed by atoms with E-state index in [-0.39, 0.29) is 17.1 Å². The van der Waals surface area contributed by atoms with Gasteiger partial charge in [-0.15, -0.1) is 0 Å². The van der Waals surface area contributed by atoms with Crippen LogP contribution >= 0.6 is 0 Å². The van der Waals surface area contributed by atoms with E-state index in [9.17, 15) is 4.39 Å². The van der Waals surface area contributed by atoms with Crippen molar-refractivity contribution >= 4 is 34.8 Å². The Kier molecular flexibility index (Phi) is 4.74. The standard InChI is InChI=1S/C18H14FN7O2/c1-27-14-8-2-11(3-9-14)10-20-24-16-15(21-13-6-4-12(19)5-7-13)22-17-18(23-16)26-28-25-17/h2-10H,1H3,(H,21,22,25)(H,23,24,26)/b20-10+. The Balaban J connectivity index is 1.58. The molecule has 28 heavy (non-hydrogen) atoms. The summed E-state index contributed by atoms with van der Waals surface area (Å²) in [6.07, 6.45) is 1.62. The number of fused-ring (bicyclic) bond motifs is 1. The van der Waals surface area contributed by atoms with Crippen LogP contribution in [0.5, 0.6) is 5.75 Å². The van der Waals surface area contributed by atoms with Crippen LogP contribution in [0.25, 0.3) is 11.3 Å². The fraction of sp³-hybridized carbons (Fsp3) is 0.0556. The van der Waals surface area contributed by atoms with E-state index >= 15 is 0 Å². The molecule has 0 radical (unpaired) electrons. The number of nitrogens with zero attached hydrogens (tertiary/aromatic N) is 5. The Morgan fingerprint density at radius 1 is 0.964 bits per heavy atom. The van der Waals surface area contributed by atoms with Crippen LogP contribution in [0.1, 0.15) is 5.56 Å². The largest absolute Gasteiger partial charge is 0.497 e. The van der Waals surface area contributed by atoms with Crippen molar-refractivity contribution in [3.8, 4) is 5.75 Å². The molecule has 0 aliphatic heterocycles. The lowest BCUT2D eigenvalue weighted by atomic mass is 10.2. The predicted octanol–water partition coefficient (Wildman–Crippen LogP) is 3.35. The van der Waals surface area contributed by atoms with Gasteiger partial charge in [0, 0.05) is 5.69 Å². The van der Waals surface area contributed by atoms with Gasteiger partial charge in [0.1, 0.15) is 11.6 Å². The summed E-state index contributed by atoms with van der Waals surface area (Å²) in [5.74, 6) is 1.06. The zero-order chi connectivity index (χ0) is 19.3. The number of benzene rings is 2. The third-order valence-electron chi connectivity index (χ3n) is 3.72. The number of ether oxygens (including phenoxy) is 1. The number of aromatic nitrogens is 4. The minimum atomic E-state index is -0.338. The van der Waals surface area contributed by atoms with Gasteiger partial charge >= 0.3 is 0 Å². The number of hydrogen-bond donors (Lipinski definition) is 2. The van der Waals surface area contributed by atoms with Crippen molar-refractivity contribution < 1.29 is 13.8 Å². The molecule has 0 saturated carbocycles. The van der Waals surface area contributed by atoms with Crippen molar-refractivity contribution in [1.29, 1.82) is 0 Å². The first kappa shape index (κ1) is 17.3. The summed E-state index contributed by atoms with van der Waals surface area (Å²) in [7, 11) is 1.61. The van der Waals surface area contributed by atoms with Crippen molar-refractivity contribution in [2.75, 3.05) is 17.9 Å². The minimum absolute atomic E-state index is 0.229. The molecule has 0 bridgehead atoms. The van der Waals surface area contributed by atoms with Crippen LogP contribution < -0.4 is 15.5 Å². The molecule has 2 aromatic heterocycles. The van der Waals surface area contributed by atoms with E-state index in [2.05, 4.69) is 40.8 Å². The SMILES string of the molecule is COc1ccc(/C=N/Nc2nc3nonc3nc2Nc2ccc(F)cc2)cc1. The van der Waals surface area contributed by atoms with Crippen molar-refractivity contribution in [2.45, 2.75) is 0 Å². The zero-order valence-electron chi connectivity index (χ0n) is 14.6. The molecule has 4 aromatic rings. The second-order valence-electron chi connectivity index (χ2n) is 5.61. The highest BCUT2D eigenvalue weighted by Crippen LogP contribution is 2.24. The van der Waals surface area contributed by atoms with Gasteiger partial charge in [0.15, 0.2) is 11.6 Å². The van der Waals surface area contributed by atoms with Crippen molar-refractivity contribution in [3.63, 3.8) is 0 Å².